The molecule has 4 N–H and O–H groups in total. The standard InChI is InChI=1S/C20H32N4O3/c1-4-17(25)13-24-10-8-16(9-11-24)22-20(27)23-18-12-15(7-6-14(18)3)19(26)21-5-2/h6-7,12,16-17,25H,4-5,8-11,13H2,1-3H3,(H,21,26)(H2,22,23,27)/t17-/m1/s1. The molecular formula is C20H32N4O3. The second-order valence-corrected chi connectivity index (χ2v) is 7.12. The molecule has 0 aliphatic carbocycles. The lowest BCUT2D eigenvalue weighted by atomic mass is 10.0. The van der Waals surface area contributed by atoms with Gasteiger partial charge in [0, 0.05) is 43.5 Å². The van der Waals surface area contributed by atoms with Gasteiger partial charge in [0.1, 0.15) is 0 Å². The van der Waals surface area contributed by atoms with Crippen LogP contribution in [0.4, 0.5) is 10.5 Å². The molecule has 0 bridgehead atoms. The molecule has 1 aromatic carbocycles. The fraction of sp³-hybridized carbons (Fsp3) is 0.600. The molecule has 1 atom stereocenters. The van der Waals surface area contributed by atoms with Crippen LogP contribution in [0.15, 0.2) is 18.2 Å². The summed E-state index contributed by atoms with van der Waals surface area (Å²) in [6.07, 6.45) is 2.21. The Bertz CT molecular complexity index is 642. The summed E-state index contributed by atoms with van der Waals surface area (Å²) >= 11 is 0. The molecule has 0 unspecified atom stereocenters. The van der Waals surface area contributed by atoms with Crippen LogP contribution < -0.4 is 16.0 Å². The van der Waals surface area contributed by atoms with Gasteiger partial charge in [0.2, 0.25) is 0 Å². The Morgan fingerprint density at radius 3 is 2.59 bits per heavy atom. The van der Waals surface area contributed by atoms with Crippen molar-refractivity contribution in [1.29, 1.82) is 0 Å². The van der Waals surface area contributed by atoms with Crippen molar-refractivity contribution in [1.82, 2.24) is 15.5 Å². The molecule has 0 radical (unpaired) electrons. The van der Waals surface area contributed by atoms with E-state index in [1.807, 2.05) is 26.8 Å². The number of anilines is 1. The number of aliphatic hydroxyl groups excluding tert-OH is 1. The fourth-order valence-electron chi connectivity index (χ4n) is 3.19. The first-order valence-electron chi connectivity index (χ1n) is 9.79. The average molecular weight is 377 g/mol. The molecule has 1 fully saturated rings. The highest BCUT2D eigenvalue weighted by molar-refractivity contribution is 5.97. The number of aliphatic hydroxyl groups is 1. The summed E-state index contributed by atoms with van der Waals surface area (Å²) < 4.78 is 0. The van der Waals surface area contributed by atoms with E-state index in [0.717, 1.165) is 37.9 Å². The Morgan fingerprint density at radius 1 is 1.26 bits per heavy atom. The number of nitrogens with zero attached hydrogens (tertiary/aromatic N) is 1. The number of amides is 3. The Labute approximate surface area is 161 Å². The van der Waals surface area contributed by atoms with E-state index in [1.165, 1.54) is 0 Å². The summed E-state index contributed by atoms with van der Waals surface area (Å²) in [6, 6.07) is 5.15. The van der Waals surface area contributed by atoms with Gasteiger partial charge in [-0.2, -0.15) is 0 Å². The van der Waals surface area contributed by atoms with Gasteiger partial charge in [0.05, 0.1) is 6.10 Å². The van der Waals surface area contributed by atoms with Crippen molar-refractivity contribution in [2.75, 3.05) is 31.5 Å². The van der Waals surface area contributed by atoms with Crippen LogP contribution in [0.5, 0.6) is 0 Å². The van der Waals surface area contributed by atoms with Gasteiger partial charge in [-0.3, -0.25) is 4.79 Å². The first-order valence-corrected chi connectivity index (χ1v) is 9.79. The van der Waals surface area contributed by atoms with Crippen LogP contribution in [-0.2, 0) is 0 Å². The molecule has 1 heterocycles. The lowest BCUT2D eigenvalue weighted by molar-refractivity contribution is 0.0924. The number of hydrogen-bond donors (Lipinski definition) is 4. The molecule has 7 nitrogen and oxygen atoms in total. The second kappa shape index (κ2) is 10.3. The molecule has 3 amide bonds. The number of benzene rings is 1. The highest BCUT2D eigenvalue weighted by Crippen LogP contribution is 2.17. The third-order valence-corrected chi connectivity index (χ3v) is 4.95. The molecule has 27 heavy (non-hydrogen) atoms. The summed E-state index contributed by atoms with van der Waals surface area (Å²) in [7, 11) is 0. The number of β-amino-alcohol motifs (C(OH)–C–C–N with tert-alkyl or cyclic N) is 1. The van der Waals surface area contributed by atoms with Crippen molar-refractivity contribution in [2.24, 2.45) is 0 Å². The SMILES string of the molecule is CCNC(=O)c1ccc(C)c(NC(=O)NC2CCN(C[C@H](O)CC)CC2)c1. The van der Waals surface area contributed by atoms with Gasteiger partial charge in [0.15, 0.2) is 0 Å². The lowest BCUT2D eigenvalue weighted by Gasteiger charge is -2.33. The smallest absolute Gasteiger partial charge is 0.319 e. The molecule has 0 saturated carbocycles. The van der Waals surface area contributed by atoms with Crippen LogP contribution >= 0.6 is 0 Å². The van der Waals surface area contributed by atoms with E-state index < -0.39 is 0 Å². The van der Waals surface area contributed by atoms with Crippen LogP contribution in [-0.4, -0.2) is 60.3 Å². The van der Waals surface area contributed by atoms with Gasteiger partial charge in [-0.25, -0.2) is 4.79 Å². The number of nitrogens with one attached hydrogen (secondary N) is 3. The molecule has 1 saturated heterocycles. The number of carbonyl (C=O) groups excluding carboxylic acids is 2. The van der Waals surface area contributed by atoms with Crippen LogP contribution in [0.25, 0.3) is 0 Å². The van der Waals surface area contributed by atoms with Gasteiger partial charge < -0.3 is 26.0 Å². The Balaban J connectivity index is 1.86. The Morgan fingerprint density at radius 2 is 1.96 bits per heavy atom. The maximum Gasteiger partial charge on any atom is 0.319 e. The first-order chi connectivity index (χ1) is 12.9. The summed E-state index contributed by atoms with van der Waals surface area (Å²) in [5, 5.41) is 18.4. The van der Waals surface area contributed by atoms with Crippen LogP contribution in [0, 0.1) is 6.92 Å². The summed E-state index contributed by atoms with van der Waals surface area (Å²) in [5.41, 5.74) is 2.07. The number of likely N-dealkylation sites (tertiary alicyclic amines) is 1. The zero-order valence-corrected chi connectivity index (χ0v) is 16.5. The predicted octanol–water partition coefficient (Wildman–Crippen LogP) is 2.10. The van der Waals surface area contributed by atoms with E-state index in [0.29, 0.717) is 24.3 Å². The molecule has 0 spiro atoms. The van der Waals surface area contributed by atoms with E-state index >= 15 is 0 Å². The minimum atomic E-state index is -0.280. The molecule has 150 valence electrons. The second-order valence-electron chi connectivity index (χ2n) is 7.12. The number of carbonyl (C=O) groups is 2. The van der Waals surface area contributed by atoms with Crippen LogP contribution in [0.1, 0.15) is 49.0 Å². The fourth-order valence-corrected chi connectivity index (χ4v) is 3.19. The normalized spacial score (nSPS) is 16.6. The van der Waals surface area contributed by atoms with Crippen molar-refractivity contribution in [3.8, 4) is 0 Å². The number of hydrogen-bond acceptors (Lipinski definition) is 4. The van der Waals surface area contributed by atoms with E-state index in [2.05, 4.69) is 20.9 Å². The highest BCUT2D eigenvalue weighted by atomic mass is 16.3. The molecular weight excluding hydrogens is 344 g/mol. The van der Waals surface area contributed by atoms with Crippen molar-refractivity contribution < 1.29 is 14.7 Å². The van der Waals surface area contributed by atoms with Gasteiger partial charge in [-0.05, 0) is 50.8 Å². The lowest BCUT2D eigenvalue weighted by Crippen LogP contribution is -2.47. The van der Waals surface area contributed by atoms with Gasteiger partial charge in [-0.15, -0.1) is 0 Å². The number of urea groups is 1. The minimum absolute atomic E-state index is 0.117. The van der Waals surface area contributed by atoms with Crippen LogP contribution in [0.2, 0.25) is 0 Å². The van der Waals surface area contributed by atoms with E-state index in [1.54, 1.807) is 12.1 Å². The quantitative estimate of drug-likeness (QED) is 0.586. The zero-order valence-electron chi connectivity index (χ0n) is 16.5. The third kappa shape index (κ3) is 6.52. The van der Waals surface area contributed by atoms with E-state index in [4.69, 9.17) is 0 Å². The highest BCUT2D eigenvalue weighted by Gasteiger charge is 2.22. The van der Waals surface area contributed by atoms with Crippen LogP contribution in [0.3, 0.4) is 0 Å². The van der Waals surface area contributed by atoms with Crippen molar-refractivity contribution in [3.05, 3.63) is 29.3 Å². The van der Waals surface area contributed by atoms with Crippen molar-refractivity contribution in [2.45, 2.75) is 52.2 Å². The minimum Gasteiger partial charge on any atom is -0.392 e. The monoisotopic (exact) mass is 376 g/mol. The molecule has 0 aromatic heterocycles. The Kier molecular flexibility index (Phi) is 8.06. The molecule has 7 heteroatoms. The van der Waals surface area contributed by atoms with Gasteiger partial charge >= 0.3 is 6.03 Å². The summed E-state index contributed by atoms with van der Waals surface area (Å²) in [4.78, 5) is 26.6. The van der Waals surface area contributed by atoms with Gasteiger partial charge in [-0.1, -0.05) is 13.0 Å². The molecule has 2 rings (SSSR count). The Hall–Kier alpha value is -2.12. The van der Waals surface area contributed by atoms with Gasteiger partial charge in [0.25, 0.3) is 5.91 Å². The molecule has 1 aliphatic heterocycles. The molecule has 1 aliphatic rings. The number of rotatable bonds is 7. The third-order valence-electron chi connectivity index (χ3n) is 4.95. The van der Waals surface area contributed by atoms with E-state index in [9.17, 15) is 14.7 Å². The summed E-state index contributed by atoms with van der Waals surface area (Å²) in [6.45, 7) is 8.74. The maximum atomic E-state index is 12.4. The molecule has 1 aromatic rings. The predicted molar refractivity (Wildman–Crippen MR) is 107 cm³/mol. The number of piperidine rings is 1. The van der Waals surface area contributed by atoms with Crippen molar-refractivity contribution in [3.63, 3.8) is 0 Å². The van der Waals surface area contributed by atoms with E-state index in [-0.39, 0.29) is 24.1 Å². The topological polar surface area (TPSA) is 93.7 Å². The summed E-state index contributed by atoms with van der Waals surface area (Å²) in [5.74, 6) is -0.150. The first kappa shape index (κ1) is 21.2. The maximum absolute atomic E-state index is 12.4. The average Bonchev–Trinajstić information content (AvgIpc) is 2.65. The number of aryl methyl sites for hydroxylation is 1. The van der Waals surface area contributed by atoms with Crippen molar-refractivity contribution >= 4 is 17.6 Å². The largest absolute Gasteiger partial charge is 0.392 e. The zero-order chi connectivity index (χ0) is 19.8.